The summed E-state index contributed by atoms with van der Waals surface area (Å²) in [5.41, 5.74) is 2.48. The van der Waals surface area contributed by atoms with E-state index in [-0.39, 0.29) is 24.6 Å². The minimum atomic E-state index is -0.747. The Morgan fingerprint density at radius 3 is 1.59 bits per heavy atom. The maximum absolute atomic E-state index is 6.80. The van der Waals surface area contributed by atoms with Crippen LogP contribution in [0.2, 0.25) is 0 Å². The Morgan fingerprint density at radius 1 is 0.690 bits per heavy atom. The first-order valence-electron chi connectivity index (χ1n) is 9.97. The van der Waals surface area contributed by atoms with Crippen LogP contribution in [0.5, 0.6) is 0 Å². The van der Waals surface area contributed by atoms with Crippen molar-refractivity contribution in [2.45, 2.75) is 30.2 Å². The molecule has 148 valence electrons. The van der Waals surface area contributed by atoms with Gasteiger partial charge in [-0.15, -0.1) is 0 Å². The number of ether oxygens (including phenoxy) is 4. The number of hydrogen-bond acceptors (Lipinski definition) is 4. The highest BCUT2D eigenvalue weighted by Crippen LogP contribution is 2.44. The largest absolute Gasteiger partial charge is 0.361 e. The Hall–Kier alpha value is -2.50. The zero-order valence-electron chi connectivity index (χ0n) is 16.3. The molecule has 4 nitrogen and oxygen atoms in total. The normalized spacial score (nSPS) is 25.6. The van der Waals surface area contributed by atoms with E-state index in [0.717, 1.165) is 16.7 Å². The number of epoxide rings is 1. The van der Waals surface area contributed by atoms with E-state index < -0.39 is 5.60 Å². The van der Waals surface area contributed by atoms with Gasteiger partial charge >= 0.3 is 0 Å². The number of hydrogen-bond donors (Lipinski definition) is 0. The van der Waals surface area contributed by atoms with Gasteiger partial charge in [-0.2, -0.15) is 0 Å². The van der Waals surface area contributed by atoms with Gasteiger partial charge < -0.3 is 18.9 Å². The van der Waals surface area contributed by atoms with Gasteiger partial charge in [0.15, 0.2) is 6.29 Å². The SMILES string of the molecule is CO[C@@H]1O[C@H](COC(c2ccccc2)(c2ccccc2)c2ccccc2)[C@@H]2O[C@H]12. The molecule has 0 radical (unpaired) electrons. The van der Waals surface area contributed by atoms with Gasteiger partial charge in [-0.05, 0) is 16.7 Å². The lowest BCUT2D eigenvalue weighted by Crippen LogP contribution is -2.37. The van der Waals surface area contributed by atoms with Crippen molar-refractivity contribution < 1.29 is 18.9 Å². The Morgan fingerprint density at radius 2 is 1.17 bits per heavy atom. The van der Waals surface area contributed by atoms with Crippen LogP contribution >= 0.6 is 0 Å². The first-order chi connectivity index (χ1) is 14.3. The highest BCUT2D eigenvalue weighted by molar-refractivity contribution is 5.47. The van der Waals surface area contributed by atoms with Crippen LogP contribution in [0, 0.1) is 0 Å². The Kier molecular flexibility index (Phi) is 4.94. The summed E-state index contributed by atoms with van der Waals surface area (Å²) in [5, 5.41) is 0. The van der Waals surface area contributed by atoms with Crippen LogP contribution in [0.1, 0.15) is 16.7 Å². The van der Waals surface area contributed by atoms with E-state index in [1.165, 1.54) is 0 Å². The van der Waals surface area contributed by atoms with E-state index >= 15 is 0 Å². The van der Waals surface area contributed by atoms with Crippen molar-refractivity contribution in [2.75, 3.05) is 13.7 Å². The highest BCUT2D eigenvalue weighted by atomic mass is 16.8. The third-order valence-corrected chi connectivity index (χ3v) is 5.74. The van der Waals surface area contributed by atoms with Crippen LogP contribution in [-0.4, -0.2) is 38.3 Å². The van der Waals surface area contributed by atoms with Crippen molar-refractivity contribution in [3.8, 4) is 0 Å². The molecule has 2 aliphatic rings. The van der Waals surface area contributed by atoms with Gasteiger partial charge in [0.2, 0.25) is 0 Å². The second kappa shape index (κ2) is 7.73. The smallest absolute Gasteiger partial charge is 0.186 e. The third-order valence-electron chi connectivity index (χ3n) is 5.74. The van der Waals surface area contributed by atoms with E-state index in [0.29, 0.717) is 6.61 Å². The van der Waals surface area contributed by atoms with E-state index in [4.69, 9.17) is 18.9 Å². The molecule has 2 saturated heterocycles. The number of fused-ring (bicyclic) bond motifs is 1. The lowest BCUT2D eigenvalue weighted by atomic mass is 9.80. The molecule has 2 fully saturated rings. The average molecular weight is 388 g/mol. The summed E-state index contributed by atoms with van der Waals surface area (Å²) in [6.45, 7) is 0.402. The number of methoxy groups -OCH3 is 1. The molecule has 0 spiro atoms. The fraction of sp³-hybridized carbons (Fsp3) is 0.280. The maximum Gasteiger partial charge on any atom is 0.186 e. The molecule has 0 aromatic heterocycles. The topological polar surface area (TPSA) is 40.2 Å². The molecule has 4 atom stereocenters. The van der Waals surface area contributed by atoms with E-state index in [2.05, 4.69) is 36.4 Å². The molecular formula is C25H24O4. The second-order valence-corrected chi connectivity index (χ2v) is 7.43. The van der Waals surface area contributed by atoms with Crippen molar-refractivity contribution in [3.05, 3.63) is 108 Å². The molecule has 0 amide bonds. The van der Waals surface area contributed by atoms with Crippen molar-refractivity contribution in [3.63, 3.8) is 0 Å². The molecular weight excluding hydrogens is 364 g/mol. The quantitative estimate of drug-likeness (QED) is 0.451. The minimum absolute atomic E-state index is 0.0215. The molecule has 3 aromatic rings. The number of rotatable bonds is 7. The predicted octanol–water partition coefficient (Wildman–Crippen LogP) is 4.13. The van der Waals surface area contributed by atoms with Crippen LogP contribution in [0.25, 0.3) is 0 Å². The Balaban J connectivity index is 1.57. The third kappa shape index (κ3) is 3.28. The zero-order chi connectivity index (χ0) is 19.7. The summed E-state index contributed by atoms with van der Waals surface area (Å²) in [5.74, 6) is 0. The summed E-state index contributed by atoms with van der Waals surface area (Å²) < 4.78 is 23.9. The average Bonchev–Trinajstić information content (AvgIpc) is 3.52. The molecule has 2 aliphatic heterocycles. The summed E-state index contributed by atoms with van der Waals surface area (Å²) in [4.78, 5) is 0. The summed E-state index contributed by atoms with van der Waals surface area (Å²) >= 11 is 0. The van der Waals surface area contributed by atoms with E-state index in [1.54, 1.807) is 7.11 Å². The van der Waals surface area contributed by atoms with Gasteiger partial charge in [-0.25, -0.2) is 0 Å². The van der Waals surface area contributed by atoms with Gasteiger partial charge in [0, 0.05) is 7.11 Å². The Bertz CT molecular complexity index is 832. The fourth-order valence-electron chi connectivity index (χ4n) is 4.28. The van der Waals surface area contributed by atoms with Gasteiger partial charge in [-0.3, -0.25) is 0 Å². The van der Waals surface area contributed by atoms with Crippen LogP contribution in [-0.2, 0) is 24.5 Å². The van der Waals surface area contributed by atoms with Crippen molar-refractivity contribution >= 4 is 0 Å². The predicted molar refractivity (Wildman–Crippen MR) is 109 cm³/mol. The zero-order valence-corrected chi connectivity index (χ0v) is 16.3. The first kappa shape index (κ1) is 18.5. The fourth-order valence-corrected chi connectivity index (χ4v) is 4.28. The lowest BCUT2D eigenvalue weighted by Gasteiger charge is -2.36. The molecule has 3 aromatic carbocycles. The van der Waals surface area contributed by atoms with Gasteiger partial charge in [-0.1, -0.05) is 91.0 Å². The second-order valence-electron chi connectivity index (χ2n) is 7.43. The molecule has 0 unspecified atom stereocenters. The highest BCUT2D eigenvalue weighted by Gasteiger charge is 2.59. The molecule has 2 heterocycles. The molecule has 5 rings (SSSR count). The monoisotopic (exact) mass is 388 g/mol. The molecule has 0 N–H and O–H groups in total. The summed E-state index contributed by atoms with van der Waals surface area (Å²) in [6.07, 6.45) is -0.401. The molecule has 29 heavy (non-hydrogen) atoms. The van der Waals surface area contributed by atoms with Crippen LogP contribution < -0.4 is 0 Å². The molecule has 4 heteroatoms. The van der Waals surface area contributed by atoms with E-state index in [1.807, 2.05) is 54.6 Å². The van der Waals surface area contributed by atoms with Gasteiger partial charge in [0.1, 0.15) is 23.9 Å². The first-order valence-corrected chi connectivity index (χ1v) is 9.97. The minimum Gasteiger partial charge on any atom is -0.361 e. The standard InChI is InChI=1S/C25H24O4/c1-26-24-23-22(29-23)21(28-24)17-27-25(18-11-5-2-6-12-18,19-13-7-3-8-14-19)20-15-9-4-10-16-20/h2-16,21-24H,17H2,1H3/t21-,22+,23+,24-/m1/s1. The van der Waals surface area contributed by atoms with Crippen LogP contribution in [0.15, 0.2) is 91.0 Å². The van der Waals surface area contributed by atoms with E-state index in [9.17, 15) is 0 Å². The lowest BCUT2D eigenvalue weighted by molar-refractivity contribution is -0.178. The Labute approximate surface area is 171 Å². The molecule has 0 bridgehead atoms. The van der Waals surface area contributed by atoms with Gasteiger partial charge in [0.05, 0.1) is 6.61 Å². The van der Waals surface area contributed by atoms with Crippen LogP contribution in [0.3, 0.4) is 0 Å². The molecule has 0 aliphatic carbocycles. The summed E-state index contributed by atoms with van der Waals surface area (Å²) in [7, 11) is 1.65. The summed E-state index contributed by atoms with van der Waals surface area (Å²) in [6, 6.07) is 31.0. The van der Waals surface area contributed by atoms with Gasteiger partial charge in [0.25, 0.3) is 0 Å². The molecule has 0 saturated carbocycles. The van der Waals surface area contributed by atoms with Crippen molar-refractivity contribution in [1.82, 2.24) is 0 Å². The van der Waals surface area contributed by atoms with Crippen molar-refractivity contribution in [1.29, 1.82) is 0 Å². The van der Waals surface area contributed by atoms with Crippen LogP contribution in [0.4, 0.5) is 0 Å². The maximum atomic E-state index is 6.80. The number of benzene rings is 3. The van der Waals surface area contributed by atoms with Crippen molar-refractivity contribution in [2.24, 2.45) is 0 Å².